The van der Waals surface area contributed by atoms with Crippen molar-refractivity contribution in [1.29, 1.82) is 0 Å². The van der Waals surface area contributed by atoms with Crippen molar-refractivity contribution < 1.29 is 14.3 Å². The Morgan fingerprint density at radius 3 is 2.91 bits per heavy atom. The zero-order valence-corrected chi connectivity index (χ0v) is 19.2. The Labute approximate surface area is 196 Å². The third kappa shape index (κ3) is 5.15. The molecule has 174 valence electrons. The molecule has 0 aliphatic carbocycles. The van der Waals surface area contributed by atoms with Crippen molar-refractivity contribution in [3.05, 3.63) is 64.5 Å². The maximum Gasteiger partial charge on any atom is 0.310 e. The second kappa shape index (κ2) is 9.44. The van der Waals surface area contributed by atoms with E-state index in [-0.39, 0.29) is 17.5 Å². The van der Waals surface area contributed by atoms with Gasteiger partial charge < -0.3 is 10.4 Å². The predicted molar refractivity (Wildman–Crippen MR) is 123 cm³/mol. The lowest BCUT2D eigenvalue weighted by atomic mass is 9.72. The lowest BCUT2D eigenvalue weighted by Crippen LogP contribution is -2.49. The van der Waals surface area contributed by atoms with Gasteiger partial charge >= 0.3 is 5.97 Å². The Bertz CT molecular complexity index is 1160. The Kier molecular flexibility index (Phi) is 6.62. The van der Waals surface area contributed by atoms with Crippen LogP contribution in [0.1, 0.15) is 36.7 Å². The number of hydrogen-bond donors (Lipinski definition) is 3. The molecular formula is C23H26ClFN6O2. The number of carbonyl (C=O) groups is 1. The number of aliphatic carboxylic acids is 1. The van der Waals surface area contributed by atoms with E-state index in [4.69, 9.17) is 11.6 Å². The van der Waals surface area contributed by atoms with E-state index in [1.807, 2.05) is 19.9 Å². The van der Waals surface area contributed by atoms with E-state index in [0.29, 0.717) is 48.8 Å². The first-order chi connectivity index (χ1) is 15.8. The normalized spacial score (nSPS) is 21.2. The Morgan fingerprint density at radius 2 is 2.21 bits per heavy atom. The Morgan fingerprint density at radius 1 is 1.39 bits per heavy atom. The standard InChI is InChI=1S/C23H26ClFN6O2/c1-14-8-19(30-29-14)28-20-12-26-11-17(27-20)10-23(22(32)33)6-7-31(15(2)9-23)13-16-4-3-5-18(24)21(16)25/h3-5,8,11-12,15H,6-7,9-10,13H2,1-2H3,(H,32,33)(H2,27,28,29,30)/t15-,23-/m1/s1. The highest BCUT2D eigenvalue weighted by atomic mass is 35.5. The summed E-state index contributed by atoms with van der Waals surface area (Å²) in [6.07, 6.45) is 4.28. The van der Waals surface area contributed by atoms with Crippen LogP contribution in [-0.4, -0.2) is 48.7 Å². The SMILES string of the molecule is Cc1cc(Nc2cncc(C[C@@]3(C(=O)O)CCN(Cc4cccc(Cl)c4F)[C@H](C)C3)n2)n[nH]1. The zero-order valence-electron chi connectivity index (χ0n) is 18.5. The molecule has 1 fully saturated rings. The predicted octanol–water partition coefficient (Wildman–Crippen LogP) is 4.34. The number of aromatic amines is 1. The molecule has 0 spiro atoms. The van der Waals surface area contributed by atoms with Gasteiger partial charge in [-0.15, -0.1) is 0 Å². The second-order valence-electron chi connectivity index (χ2n) is 8.71. The van der Waals surface area contributed by atoms with Gasteiger partial charge in [0, 0.05) is 42.5 Å². The first-order valence-corrected chi connectivity index (χ1v) is 11.1. The number of aryl methyl sites for hydroxylation is 1. The number of nitrogens with zero attached hydrogens (tertiary/aromatic N) is 4. The summed E-state index contributed by atoms with van der Waals surface area (Å²) in [5, 5.41) is 20.3. The molecule has 0 bridgehead atoms. The first-order valence-electron chi connectivity index (χ1n) is 10.8. The molecule has 10 heteroatoms. The summed E-state index contributed by atoms with van der Waals surface area (Å²) in [5.74, 6) is -0.164. The number of hydrogen-bond acceptors (Lipinski definition) is 6. The number of carboxylic acids is 1. The fourth-order valence-corrected chi connectivity index (χ4v) is 4.64. The summed E-state index contributed by atoms with van der Waals surface area (Å²) in [7, 11) is 0. The van der Waals surface area contributed by atoms with Crippen molar-refractivity contribution in [3.8, 4) is 0 Å². The van der Waals surface area contributed by atoms with Crippen LogP contribution in [0.5, 0.6) is 0 Å². The summed E-state index contributed by atoms with van der Waals surface area (Å²) < 4.78 is 14.4. The largest absolute Gasteiger partial charge is 0.481 e. The number of nitrogens with one attached hydrogen (secondary N) is 2. The number of halogens is 2. The summed E-state index contributed by atoms with van der Waals surface area (Å²) >= 11 is 5.92. The molecule has 0 amide bonds. The number of aromatic nitrogens is 4. The van der Waals surface area contributed by atoms with Gasteiger partial charge in [-0.25, -0.2) is 9.37 Å². The van der Waals surface area contributed by atoms with Gasteiger partial charge in [0.05, 0.1) is 22.3 Å². The first kappa shape index (κ1) is 23.1. The van der Waals surface area contributed by atoms with Gasteiger partial charge in [-0.05, 0) is 39.3 Å². The smallest absolute Gasteiger partial charge is 0.310 e. The summed E-state index contributed by atoms with van der Waals surface area (Å²) in [6.45, 7) is 4.77. The molecule has 0 radical (unpaired) electrons. The minimum atomic E-state index is -0.973. The second-order valence-corrected chi connectivity index (χ2v) is 9.11. The van der Waals surface area contributed by atoms with E-state index in [1.54, 1.807) is 24.5 Å². The van der Waals surface area contributed by atoms with Gasteiger partial charge in [0.25, 0.3) is 0 Å². The number of piperidine rings is 1. The molecule has 1 aromatic carbocycles. The Balaban J connectivity index is 1.48. The van der Waals surface area contributed by atoms with Gasteiger partial charge in [-0.2, -0.15) is 5.10 Å². The molecule has 0 unspecified atom stereocenters. The number of carboxylic acid groups (broad SMARTS) is 1. The Hall–Kier alpha value is -3.04. The molecule has 1 aliphatic rings. The molecule has 1 saturated heterocycles. The van der Waals surface area contributed by atoms with Crippen molar-refractivity contribution in [1.82, 2.24) is 25.1 Å². The minimum Gasteiger partial charge on any atom is -0.481 e. The van der Waals surface area contributed by atoms with Crippen LogP contribution in [0.25, 0.3) is 0 Å². The van der Waals surface area contributed by atoms with Crippen LogP contribution in [0.2, 0.25) is 5.02 Å². The number of rotatable bonds is 7. The third-order valence-corrected chi connectivity index (χ3v) is 6.50. The fraction of sp³-hybridized carbons (Fsp3) is 0.391. The number of anilines is 2. The number of H-pyrrole nitrogens is 1. The summed E-state index contributed by atoms with van der Waals surface area (Å²) in [5.41, 5.74) is 1.04. The maximum absolute atomic E-state index is 14.4. The molecule has 8 nitrogen and oxygen atoms in total. The van der Waals surface area contributed by atoms with Gasteiger partial charge in [0.2, 0.25) is 0 Å². The lowest BCUT2D eigenvalue weighted by Gasteiger charge is -2.43. The van der Waals surface area contributed by atoms with E-state index in [9.17, 15) is 14.3 Å². The topological polar surface area (TPSA) is 107 Å². The van der Waals surface area contributed by atoms with Crippen molar-refractivity contribution in [2.75, 3.05) is 11.9 Å². The van der Waals surface area contributed by atoms with Crippen LogP contribution in [0.4, 0.5) is 16.0 Å². The fourth-order valence-electron chi connectivity index (χ4n) is 4.44. The van der Waals surface area contributed by atoms with Crippen molar-refractivity contribution >= 4 is 29.2 Å². The van der Waals surface area contributed by atoms with E-state index in [1.165, 1.54) is 6.07 Å². The molecular weight excluding hydrogens is 447 g/mol. The molecule has 3 aromatic rings. The van der Waals surface area contributed by atoms with Crippen molar-refractivity contribution in [2.24, 2.45) is 5.41 Å². The summed E-state index contributed by atoms with van der Waals surface area (Å²) in [6, 6.07) is 6.73. The van der Waals surface area contributed by atoms with Gasteiger partial charge in [0.15, 0.2) is 5.82 Å². The van der Waals surface area contributed by atoms with Crippen molar-refractivity contribution in [3.63, 3.8) is 0 Å². The zero-order chi connectivity index (χ0) is 23.6. The highest BCUT2D eigenvalue weighted by molar-refractivity contribution is 6.30. The quantitative estimate of drug-likeness (QED) is 0.469. The van der Waals surface area contributed by atoms with Crippen LogP contribution in [-0.2, 0) is 17.8 Å². The van der Waals surface area contributed by atoms with E-state index >= 15 is 0 Å². The molecule has 33 heavy (non-hydrogen) atoms. The highest BCUT2D eigenvalue weighted by Gasteiger charge is 2.44. The molecule has 3 N–H and O–H groups in total. The highest BCUT2D eigenvalue weighted by Crippen LogP contribution is 2.39. The average Bonchev–Trinajstić information content (AvgIpc) is 3.18. The van der Waals surface area contributed by atoms with Crippen LogP contribution in [0, 0.1) is 18.2 Å². The minimum absolute atomic E-state index is 0.0606. The van der Waals surface area contributed by atoms with E-state index < -0.39 is 17.2 Å². The monoisotopic (exact) mass is 472 g/mol. The van der Waals surface area contributed by atoms with Gasteiger partial charge in [0.1, 0.15) is 11.6 Å². The lowest BCUT2D eigenvalue weighted by molar-refractivity contribution is -0.153. The molecule has 0 saturated carbocycles. The number of benzene rings is 1. The van der Waals surface area contributed by atoms with Gasteiger partial charge in [-0.3, -0.25) is 19.8 Å². The van der Waals surface area contributed by atoms with Crippen molar-refractivity contribution in [2.45, 2.75) is 45.7 Å². The molecule has 2 atom stereocenters. The van der Waals surface area contributed by atoms with E-state index in [0.717, 1.165) is 5.69 Å². The molecule has 1 aliphatic heterocycles. The molecule has 3 heterocycles. The molecule has 2 aromatic heterocycles. The van der Waals surface area contributed by atoms with Crippen LogP contribution < -0.4 is 5.32 Å². The maximum atomic E-state index is 14.4. The van der Waals surface area contributed by atoms with Crippen LogP contribution in [0.15, 0.2) is 36.7 Å². The molecule has 4 rings (SSSR count). The summed E-state index contributed by atoms with van der Waals surface area (Å²) in [4.78, 5) is 23.3. The van der Waals surface area contributed by atoms with Crippen LogP contribution >= 0.6 is 11.6 Å². The van der Waals surface area contributed by atoms with Gasteiger partial charge in [-0.1, -0.05) is 23.7 Å². The van der Waals surface area contributed by atoms with E-state index in [2.05, 4.69) is 30.4 Å². The third-order valence-electron chi connectivity index (χ3n) is 6.21. The average molecular weight is 473 g/mol. The van der Waals surface area contributed by atoms with Crippen LogP contribution in [0.3, 0.4) is 0 Å². The number of likely N-dealkylation sites (tertiary alicyclic amines) is 1.